The van der Waals surface area contributed by atoms with Gasteiger partial charge in [0.25, 0.3) is 0 Å². The highest BCUT2D eigenvalue weighted by Gasteiger charge is 2.42. The van der Waals surface area contributed by atoms with E-state index in [0.717, 1.165) is 18.4 Å². The van der Waals surface area contributed by atoms with Crippen molar-refractivity contribution in [3.63, 3.8) is 0 Å². The van der Waals surface area contributed by atoms with E-state index in [-0.39, 0.29) is 17.9 Å². The number of nitrogens with one attached hydrogen (secondary N) is 2. The zero-order valence-electron chi connectivity index (χ0n) is 23.0. The summed E-state index contributed by atoms with van der Waals surface area (Å²) in [7, 11) is 0. The monoisotopic (exact) mass is 487 g/mol. The molecule has 0 aliphatic rings. The Hall–Kier alpha value is -2.83. The molecule has 196 valence electrons. The highest BCUT2D eigenvalue weighted by atomic mass is 16.6. The van der Waals surface area contributed by atoms with Crippen LogP contribution in [0, 0.1) is 0 Å². The molecule has 3 unspecified atom stereocenters. The molecule has 0 aliphatic heterocycles. The average Bonchev–Trinajstić information content (AvgIpc) is 2.75. The third-order valence-corrected chi connectivity index (χ3v) is 5.94. The lowest BCUT2D eigenvalue weighted by atomic mass is 9.91. The maximum absolute atomic E-state index is 13.9. The Morgan fingerprint density at radius 1 is 1.09 bits per heavy atom. The zero-order chi connectivity index (χ0) is 27.0. The third kappa shape index (κ3) is 9.04. The van der Waals surface area contributed by atoms with Crippen LogP contribution in [0.3, 0.4) is 0 Å². The molecule has 0 bridgehead atoms. The molecule has 7 heteroatoms. The number of carbonyl (C=O) groups is 3. The number of benzene rings is 1. The van der Waals surface area contributed by atoms with Crippen LogP contribution in [0.4, 0.5) is 4.79 Å². The summed E-state index contributed by atoms with van der Waals surface area (Å²) in [5.74, 6) is -0.624. The molecule has 2 N–H and O–H groups in total. The van der Waals surface area contributed by atoms with Crippen LogP contribution in [-0.4, -0.2) is 46.0 Å². The minimum atomic E-state index is -0.901. The van der Waals surface area contributed by atoms with Crippen molar-refractivity contribution < 1.29 is 19.1 Å². The first-order chi connectivity index (χ1) is 16.2. The van der Waals surface area contributed by atoms with Crippen molar-refractivity contribution in [3.05, 3.63) is 42.0 Å². The first-order valence-corrected chi connectivity index (χ1v) is 12.5. The first kappa shape index (κ1) is 30.2. The molecule has 7 nitrogen and oxygen atoms in total. The summed E-state index contributed by atoms with van der Waals surface area (Å²) in [5, 5.41) is 5.73. The maximum atomic E-state index is 13.9. The predicted molar refractivity (Wildman–Crippen MR) is 142 cm³/mol. The fourth-order valence-electron chi connectivity index (χ4n) is 3.80. The number of hydrogen-bond donors (Lipinski definition) is 2. The van der Waals surface area contributed by atoms with Gasteiger partial charge in [0.05, 0.1) is 0 Å². The van der Waals surface area contributed by atoms with Gasteiger partial charge in [0.15, 0.2) is 0 Å². The van der Waals surface area contributed by atoms with E-state index in [2.05, 4.69) is 24.1 Å². The number of hydrogen-bond acceptors (Lipinski definition) is 4. The number of amides is 3. The lowest BCUT2D eigenvalue weighted by molar-refractivity contribution is -0.149. The molecule has 1 rings (SSSR count). The van der Waals surface area contributed by atoms with E-state index in [1.54, 1.807) is 38.7 Å². The normalized spacial score (nSPS) is 14.3. The van der Waals surface area contributed by atoms with Crippen LogP contribution in [0.2, 0.25) is 0 Å². The number of ether oxygens (including phenoxy) is 1. The molecule has 0 aliphatic carbocycles. The summed E-state index contributed by atoms with van der Waals surface area (Å²) in [6, 6.07) is 5.64. The van der Waals surface area contributed by atoms with Gasteiger partial charge in [0.2, 0.25) is 11.8 Å². The minimum absolute atomic E-state index is 0.0448. The van der Waals surface area contributed by atoms with Crippen LogP contribution in [-0.2, 0) is 14.3 Å². The molecule has 0 spiro atoms. The Labute approximate surface area is 211 Å². The van der Waals surface area contributed by atoms with Gasteiger partial charge < -0.3 is 20.3 Å². The quantitative estimate of drug-likeness (QED) is 0.425. The zero-order valence-corrected chi connectivity index (χ0v) is 23.0. The van der Waals surface area contributed by atoms with Crippen LogP contribution < -0.4 is 10.6 Å². The Balaban J connectivity index is 3.52. The standard InChI is InChI=1S/C28H45N3O4/c1-11-15-19(4)29-24(32)23(22-17-14-16-21(12-2)18-22)31(28(9,10)13-3)25(33)20(5)30-26(34)35-27(6,7)8/h12,14,16-20,23H,2,11,13,15H2,1,3-10H3,(H,29,32)(H,30,34). The molecule has 3 amide bonds. The van der Waals surface area contributed by atoms with Crippen molar-refractivity contribution in [2.24, 2.45) is 0 Å². The topological polar surface area (TPSA) is 87.7 Å². The highest BCUT2D eigenvalue weighted by Crippen LogP contribution is 2.33. The van der Waals surface area contributed by atoms with E-state index in [0.29, 0.717) is 12.0 Å². The van der Waals surface area contributed by atoms with E-state index < -0.39 is 29.3 Å². The van der Waals surface area contributed by atoms with Gasteiger partial charge in [-0.25, -0.2) is 4.79 Å². The molecule has 0 radical (unpaired) electrons. The molecular weight excluding hydrogens is 442 g/mol. The van der Waals surface area contributed by atoms with Gasteiger partial charge in [-0.1, -0.05) is 51.1 Å². The lowest BCUT2D eigenvalue weighted by Crippen LogP contribution is -2.59. The summed E-state index contributed by atoms with van der Waals surface area (Å²) in [5.41, 5.74) is 0.158. The molecule has 0 saturated carbocycles. The second-order valence-electron chi connectivity index (χ2n) is 10.7. The fourth-order valence-corrected chi connectivity index (χ4v) is 3.80. The molecule has 0 aromatic heterocycles. The van der Waals surface area contributed by atoms with E-state index in [9.17, 15) is 14.4 Å². The van der Waals surface area contributed by atoms with Crippen LogP contribution in [0.15, 0.2) is 30.8 Å². The van der Waals surface area contributed by atoms with Crippen molar-refractivity contribution in [1.82, 2.24) is 15.5 Å². The number of carbonyl (C=O) groups excluding carboxylic acids is 3. The van der Waals surface area contributed by atoms with Gasteiger partial charge in [-0.15, -0.1) is 0 Å². The van der Waals surface area contributed by atoms with Gasteiger partial charge in [0.1, 0.15) is 17.7 Å². The largest absolute Gasteiger partial charge is 0.444 e. The van der Waals surface area contributed by atoms with Crippen molar-refractivity contribution in [3.8, 4) is 0 Å². The Bertz CT molecular complexity index is 888. The molecule has 0 heterocycles. The van der Waals surface area contributed by atoms with Crippen LogP contribution in [0.1, 0.15) is 98.7 Å². The van der Waals surface area contributed by atoms with E-state index in [1.807, 2.05) is 52.0 Å². The predicted octanol–water partition coefficient (Wildman–Crippen LogP) is 5.61. The molecule has 1 aromatic carbocycles. The SMILES string of the molecule is C=Cc1cccc(C(C(=O)NC(C)CCC)N(C(=O)C(C)NC(=O)OC(C)(C)C)C(C)(C)CC)c1. The summed E-state index contributed by atoms with van der Waals surface area (Å²) in [4.78, 5) is 41.6. The Morgan fingerprint density at radius 2 is 1.71 bits per heavy atom. The second kappa shape index (κ2) is 12.8. The van der Waals surface area contributed by atoms with Gasteiger partial charge >= 0.3 is 6.09 Å². The van der Waals surface area contributed by atoms with Crippen LogP contribution in [0.5, 0.6) is 0 Å². The van der Waals surface area contributed by atoms with E-state index in [4.69, 9.17) is 4.74 Å². The van der Waals surface area contributed by atoms with Crippen LogP contribution in [0.25, 0.3) is 6.08 Å². The van der Waals surface area contributed by atoms with Gasteiger partial charge in [-0.2, -0.15) is 0 Å². The van der Waals surface area contributed by atoms with E-state index in [1.165, 1.54) is 0 Å². The van der Waals surface area contributed by atoms with Crippen molar-refractivity contribution in [2.45, 2.75) is 111 Å². The van der Waals surface area contributed by atoms with E-state index >= 15 is 0 Å². The molecule has 0 fully saturated rings. The highest BCUT2D eigenvalue weighted by molar-refractivity contribution is 5.92. The lowest BCUT2D eigenvalue weighted by Gasteiger charge is -2.44. The summed E-state index contributed by atoms with van der Waals surface area (Å²) in [6.07, 6.45) is 3.39. The van der Waals surface area contributed by atoms with Crippen molar-refractivity contribution in [2.75, 3.05) is 0 Å². The average molecular weight is 488 g/mol. The second-order valence-corrected chi connectivity index (χ2v) is 10.7. The third-order valence-electron chi connectivity index (χ3n) is 5.94. The maximum Gasteiger partial charge on any atom is 0.408 e. The Morgan fingerprint density at radius 3 is 2.23 bits per heavy atom. The number of alkyl carbamates (subject to hydrolysis) is 1. The molecule has 35 heavy (non-hydrogen) atoms. The smallest absolute Gasteiger partial charge is 0.408 e. The van der Waals surface area contributed by atoms with Crippen molar-refractivity contribution >= 4 is 24.0 Å². The van der Waals surface area contributed by atoms with Gasteiger partial charge in [0, 0.05) is 11.6 Å². The van der Waals surface area contributed by atoms with Crippen molar-refractivity contribution in [1.29, 1.82) is 0 Å². The molecule has 1 aromatic rings. The summed E-state index contributed by atoms with van der Waals surface area (Å²) < 4.78 is 5.34. The Kier molecular flexibility index (Phi) is 11.0. The fraction of sp³-hybridized carbons (Fsp3) is 0.607. The summed E-state index contributed by atoms with van der Waals surface area (Å²) in [6.45, 7) is 20.6. The molecular formula is C28H45N3O4. The first-order valence-electron chi connectivity index (χ1n) is 12.5. The molecule has 3 atom stereocenters. The minimum Gasteiger partial charge on any atom is -0.444 e. The number of nitrogens with zero attached hydrogens (tertiary/aromatic N) is 1. The summed E-state index contributed by atoms with van der Waals surface area (Å²) >= 11 is 0. The molecule has 0 saturated heterocycles. The van der Waals surface area contributed by atoms with Gasteiger partial charge in [-0.05, 0) is 78.5 Å². The van der Waals surface area contributed by atoms with Gasteiger partial charge in [-0.3, -0.25) is 9.59 Å². The van der Waals surface area contributed by atoms with Crippen LogP contribution >= 0.6 is 0 Å². The number of rotatable bonds is 11.